The minimum atomic E-state index is 0.678. The third-order valence-corrected chi connectivity index (χ3v) is 4.11. The summed E-state index contributed by atoms with van der Waals surface area (Å²) in [6, 6.07) is 9.76. The van der Waals surface area contributed by atoms with Gasteiger partial charge in [0.1, 0.15) is 0 Å². The molecular formula is C17H28N2O. The van der Waals surface area contributed by atoms with Crippen molar-refractivity contribution in [3.63, 3.8) is 0 Å². The third kappa shape index (κ3) is 4.89. The predicted molar refractivity (Wildman–Crippen MR) is 84.0 cm³/mol. The van der Waals surface area contributed by atoms with Crippen LogP contribution in [0.3, 0.4) is 0 Å². The van der Waals surface area contributed by atoms with E-state index in [0.717, 1.165) is 52.1 Å². The zero-order valence-corrected chi connectivity index (χ0v) is 12.9. The molecule has 0 amide bonds. The molecule has 20 heavy (non-hydrogen) atoms. The molecule has 1 aromatic carbocycles. The van der Waals surface area contributed by atoms with Gasteiger partial charge in [-0.25, -0.2) is 0 Å². The van der Waals surface area contributed by atoms with E-state index in [0.29, 0.717) is 6.04 Å². The van der Waals surface area contributed by atoms with Crippen molar-refractivity contribution in [2.24, 2.45) is 0 Å². The van der Waals surface area contributed by atoms with Crippen LogP contribution >= 0.6 is 0 Å². The zero-order valence-electron chi connectivity index (χ0n) is 12.9. The molecule has 0 saturated carbocycles. The second-order valence-electron chi connectivity index (χ2n) is 5.68. The van der Waals surface area contributed by atoms with Gasteiger partial charge in [0.2, 0.25) is 0 Å². The number of nitrogens with one attached hydrogen (secondary N) is 1. The number of benzene rings is 1. The molecule has 0 aliphatic carbocycles. The van der Waals surface area contributed by atoms with Gasteiger partial charge in [0.15, 0.2) is 0 Å². The van der Waals surface area contributed by atoms with Gasteiger partial charge in [-0.05, 0) is 50.5 Å². The average Bonchev–Trinajstić information content (AvgIpc) is 2.50. The van der Waals surface area contributed by atoms with E-state index in [4.69, 9.17) is 4.74 Å². The Balaban J connectivity index is 1.80. The van der Waals surface area contributed by atoms with E-state index < -0.39 is 0 Å². The highest BCUT2D eigenvalue weighted by molar-refractivity contribution is 5.22. The van der Waals surface area contributed by atoms with Crippen molar-refractivity contribution in [2.75, 3.05) is 33.4 Å². The molecule has 0 bridgehead atoms. The highest BCUT2D eigenvalue weighted by Gasteiger charge is 2.18. The Morgan fingerprint density at radius 2 is 1.80 bits per heavy atom. The summed E-state index contributed by atoms with van der Waals surface area (Å²) < 4.78 is 5.43. The molecular weight excluding hydrogens is 248 g/mol. The SMILES string of the molecule is CCNCCc1ccc(CN(C)C2CCOCC2)cc1. The Labute approximate surface area is 123 Å². The molecule has 1 aliphatic heterocycles. The van der Waals surface area contributed by atoms with E-state index in [1.54, 1.807) is 0 Å². The minimum Gasteiger partial charge on any atom is -0.381 e. The number of hydrogen-bond donors (Lipinski definition) is 1. The molecule has 1 aliphatic rings. The number of likely N-dealkylation sites (N-methyl/N-ethyl adjacent to an activating group) is 1. The van der Waals surface area contributed by atoms with Crippen LogP contribution in [0.1, 0.15) is 30.9 Å². The van der Waals surface area contributed by atoms with Gasteiger partial charge in [-0.1, -0.05) is 31.2 Å². The lowest BCUT2D eigenvalue weighted by Crippen LogP contribution is -2.36. The molecule has 0 aromatic heterocycles. The Bertz CT molecular complexity index is 371. The van der Waals surface area contributed by atoms with E-state index in [9.17, 15) is 0 Å². The summed E-state index contributed by atoms with van der Waals surface area (Å²) in [4.78, 5) is 2.47. The molecule has 0 atom stereocenters. The standard InChI is InChI=1S/C17H28N2O/c1-3-18-11-8-15-4-6-16(7-5-15)14-19(2)17-9-12-20-13-10-17/h4-7,17-18H,3,8-14H2,1-2H3. The first-order valence-electron chi connectivity index (χ1n) is 7.86. The maximum absolute atomic E-state index is 5.43. The molecule has 1 N–H and O–H groups in total. The van der Waals surface area contributed by atoms with Crippen LogP contribution in [0.4, 0.5) is 0 Å². The van der Waals surface area contributed by atoms with E-state index in [1.807, 2.05) is 0 Å². The van der Waals surface area contributed by atoms with Crippen LogP contribution in [0.5, 0.6) is 0 Å². The van der Waals surface area contributed by atoms with E-state index in [1.165, 1.54) is 11.1 Å². The van der Waals surface area contributed by atoms with Crippen LogP contribution in [0.15, 0.2) is 24.3 Å². The molecule has 1 aromatic rings. The summed E-state index contributed by atoms with van der Waals surface area (Å²) in [5.41, 5.74) is 2.83. The fraction of sp³-hybridized carbons (Fsp3) is 0.647. The van der Waals surface area contributed by atoms with Gasteiger partial charge in [0.05, 0.1) is 0 Å². The first-order chi connectivity index (χ1) is 9.79. The fourth-order valence-electron chi connectivity index (χ4n) is 2.76. The first kappa shape index (κ1) is 15.5. The Kier molecular flexibility index (Phi) is 6.51. The van der Waals surface area contributed by atoms with Crippen LogP contribution in [0, 0.1) is 0 Å². The van der Waals surface area contributed by atoms with Gasteiger partial charge in [0, 0.05) is 25.8 Å². The molecule has 1 heterocycles. The second-order valence-corrected chi connectivity index (χ2v) is 5.68. The largest absolute Gasteiger partial charge is 0.381 e. The lowest BCUT2D eigenvalue weighted by atomic mass is 10.1. The van der Waals surface area contributed by atoms with Gasteiger partial charge in [-0.15, -0.1) is 0 Å². The molecule has 3 heteroatoms. The van der Waals surface area contributed by atoms with Crippen LogP contribution in [0.2, 0.25) is 0 Å². The summed E-state index contributed by atoms with van der Waals surface area (Å²) in [5.74, 6) is 0. The highest BCUT2D eigenvalue weighted by Crippen LogP contribution is 2.16. The summed E-state index contributed by atoms with van der Waals surface area (Å²) in [6.45, 7) is 7.13. The van der Waals surface area contributed by atoms with Gasteiger partial charge >= 0.3 is 0 Å². The number of hydrogen-bond acceptors (Lipinski definition) is 3. The van der Waals surface area contributed by atoms with Gasteiger partial charge in [0.25, 0.3) is 0 Å². The minimum absolute atomic E-state index is 0.678. The molecule has 0 radical (unpaired) electrons. The maximum atomic E-state index is 5.43. The maximum Gasteiger partial charge on any atom is 0.0480 e. The van der Waals surface area contributed by atoms with Crippen molar-refractivity contribution in [2.45, 2.75) is 38.8 Å². The number of ether oxygens (including phenoxy) is 1. The van der Waals surface area contributed by atoms with Crippen molar-refractivity contribution in [3.05, 3.63) is 35.4 Å². The van der Waals surface area contributed by atoms with Crippen LogP contribution < -0.4 is 5.32 Å². The van der Waals surface area contributed by atoms with Gasteiger partial charge < -0.3 is 10.1 Å². The molecule has 0 spiro atoms. The predicted octanol–water partition coefficient (Wildman–Crippen LogP) is 2.45. The molecule has 1 fully saturated rings. The topological polar surface area (TPSA) is 24.5 Å². The Morgan fingerprint density at radius 3 is 2.45 bits per heavy atom. The van der Waals surface area contributed by atoms with Gasteiger partial charge in [-0.2, -0.15) is 0 Å². The van der Waals surface area contributed by atoms with Crippen LogP contribution in [0.25, 0.3) is 0 Å². The number of nitrogens with zero attached hydrogens (tertiary/aromatic N) is 1. The monoisotopic (exact) mass is 276 g/mol. The van der Waals surface area contributed by atoms with Crippen molar-refractivity contribution in [1.82, 2.24) is 10.2 Å². The Morgan fingerprint density at radius 1 is 1.15 bits per heavy atom. The number of rotatable bonds is 7. The zero-order chi connectivity index (χ0) is 14.2. The highest BCUT2D eigenvalue weighted by atomic mass is 16.5. The van der Waals surface area contributed by atoms with Gasteiger partial charge in [-0.3, -0.25) is 4.90 Å². The third-order valence-electron chi connectivity index (χ3n) is 4.11. The fourth-order valence-corrected chi connectivity index (χ4v) is 2.76. The molecule has 3 nitrogen and oxygen atoms in total. The summed E-state index contributed by atoms with van der Waals surface area (Å²) >= 11 is 0. The lowest BCUT2D eigenvalue weighted by molar-refractivity contribution is 0.0407. The van der Waals surface area contributed by atoms with Crippen LogP contribution in [-0.4, -0.2) is 44.3 Å². The van der Waals surface area contributed by atoms with Crippen molar-refractivity contribution < 1.29 is 4.74 Å². The van der Waals surface area contributed by atoms with E-state index in [-0.39, 0.29) is 0 Å². The van der Waals surface area contributed by atoms with E-state index in [2.05, 4.69) is 48.5 Å². The smallest absolute Gasteiger partial charge is 0.0480 e. The summed E-state index contributed by atoms with van der Waals surface area (Å²) in [7, 11) is 2.23. The molecule has 0 unspecified atom stereocenters. The molecule has 112 valence electrons. The van der Waals surface area contributed by atoms with Crippen molar-refractivity contribution in [1.29, 1.82) is 0 Å². The first-order valence-corrected chi connectivity index (χ1v) is 7.86. The molecule has 2 rings (SSSR count). The quantitative estimate of drug-likeness (QED) is 0.774. The second kappa shape index (κ2) is 8.40. The van der Waals surface area contributed by atoms with Crippen molar-refractivity contribution >= 4 is 0 Å². The average molecular weight is 276 g/mol. The van der Waals surface area contributed by atoms with Crippen LogP contribution in [-0.2, 0) is 17.7 Å². The summed E-state index contributed by atoms with van der Waals surface area (Å²) in [5, 5.41) is 3.37. The van der Waals surface area contributed by atoms with E-state index >= 15 is 0 Å². The van der Waals surface area contributed by atoms with Crippen molar-refractivity contribution in [3.8, 4) is 0 Å². The normalized spacial score (nSPS) is 16.8. The lowest BCUT2D eigenvalue weighted by Gasteiger charge is -2.31. The Hall–Kier alpha value is -0.900. The summed E-state index contributed by atoms with van der Waals surface area (Å²) in [6.07, 6.45) is 3.44. The molecule has 1 saturated heterocycles.